The molecule has 7 atom stereocenters. The summed E-state index contributed by atoms with van der Waals surface area (Å²) in [5.41, 5.74) is 0.193. The van der Waals surface area contributed by atoms with E-state index >= 15 is 0 Å². The maximum atomic E-state index is 12.9. The van der Waals surface area contributed by atoms with Crippen LogP contribution in [0.1, 0.15) is 78.6 Å². The molecule has 0 saturated heterocycles. The van der Waals surface area contributed by atoms with Gasteiger partial charge in [-0.25, -0.2) is 0 Å². The number of Topliss-reactive ketones (excluding diaryl/α,β-unsaturated/α-hetero) is 2. The van der Waals surface area contributed by atoms with Crippen LogP contribution in [0.15, 0.2) is 0 Å². The molecule has 0 aromatic rings. The summed E-state index contributed by atoms with van der Waals surface area (Å²) in [6.07, 6.45) is 10.6. The lowest BCUT2D eigenvalue weighted by atomic mass is 9.45. The molecule has 0 aromatic carbocycles. The van der Waals surface area contributed by atoms with Gasteiger partial charge in [-0.1, -0.05) is 26.7 Å². The minimum absolute atomic E-state index is 0.0937. The molecular weight excluding hydrogens is 340 g/mol. The van der Waals surface area contributed by atoms with E-state index in [1.54, 1.807) is 0 Å². The molecule has 0 spiro atoms. The highest BCUT2D eigenvalue weighted by atomic mass is 16.5. The van der Waals surface area contributed by atoms with Gasteiger partial charge in [0.25, 0.3) is 0 Å². The van der Waals surface area contributed by atoms with E-state index in [1.165, 1.54) is 45.4 Å². The van der Waals surface area contributed by atoms with E-state index in [-0.39, 0.29) is 23.6 Å². The van der Waals surface area contributed by atoms with Crippen LogP contribution >= 0.6 is 0 Å². The van der Waals surface area contributed by atoms with Crippen LogP contribution in [0.4, 0.5) is 0 Å². The third-order valence-corrected chi connectivity index (χ3v) is 9.16. The van der Waals surface area contributed by atoms with Crippen molar-refractivity contribution in [2.75, 3.05) is 6.61 Å². The van der Waals surface area contributed by atoms with Crippen LogP contribution in [0.3, 0.4) is 0 Å². The lowest BCUT2D eigenvalue weighted by Gasteiger charge is -2.60. The summed E-state index contributed by atoms with van der Waals surface area (Å²) < 4.78 is 4.94. The molecule has 0 radical (unpaired) electrons. The molecule has 27 heavy (non-hydrogen) atoms. The van der Waals surface area contributed by atoms with Gasteiger partial charge < -0.3 is 4.74 Å². The Morgan fingerprint density at radius 1 is 1.00 bits per heavy atom. The zero-order valence-corrected chi connectivity index (χ0v) is 17.1. The topological polar surface area (TPSA) is 60.4 Å². The fourth-order valence-electron chi connectivity index (χ4n) is 7.89. The van der Waals surface area contributed by atoms with Crippen molar-refractivity contribution >= 4 is 17.5 Å². The van der Waals surface area contributed by atoms with Crippen LogP contribution in [0.25, 0.3) is 0 Å². The lowest BCUT2D eigenvalue weighted by molar-refractivity contribution is -0.152. The van der Waals surface area contributed by atoms with E-state index in [9.17, 15) is 14.4 Å². The van der Waals surface area contributed by atoms with Gasteiger partial charge in [0.2, 0.25) is 0 Å². The predicted molar refractivity (Wildman–Crippen MR) is 102 cm³/mol. The average Bonchev–Trinajstić information content (AvgIpc) is 2.89. The molecule has 0 bridgehead atoms. The first-order chi connectivity index (χ1) is 12.8. The van der Waals surface area contributed by atoms with E-state index in [4.69, 9.17) is 4.74 Å². The Labute approximate surface area is 162 Å². The lowest BCUT2D eigenvalue weighted by Crippen LogP contribution is -2.53. The highest BCUT2D eigenvalue weighted by Gasteiger charge is 2.63. The quantitative estimate of drug-likeness (QED) is 0.544. The van der Waals surface area contributed by atoms with Gasteiger partial charge in [0.15, 0.2) is 12.4 Å². The van der Waals surface area contributed by atoms with E-state index in [0.717, 1.165) is 18.8 Å². The first-order valence-corrected chi connectivity index (χ1v) is 11.0. The van der Waals surface area contributed by atoms with Crippen LogP contribution < -0.4 is 0 Å². The fourth-order valence-corrected chi connectivity index (χ4v) is 7.89. The number of fused-ring (bicyclic) bond motifs is 5. The first kappa shape index (κ1) is 19.1. The zero-order valence-electron chi connectivity index (χ0n) is 17.1. The number of hydrogen-bond acceptors (Lipinski definition) is 4. The summed E-state index contributed by atoms with van der Waals surface area (Å²) in [5, 5.41) is 0. The van der Waals surface area contributed by atoms with Gasteiger partial charge in [0, 0.05) is 13.3 Å². The number of carbonyl (C=O) groups is 3. The van der Waals surface area contributed by atoms with E-state index in [0.29, 0.717) is 29.6 Å². The van der Waals surface area contributed by atoms with Crippen molar-refractivity contribution in [3.05, 3.63) is 0 Å². The van der Waals surface area contributed by atoms with Crippen molar-refractivity contribution in [3.63, 3.8) is 0 Å². The molecule has 150 valence electrons. The SMILES string of the molecule is CC(=O)OCC(=O)[C@H]1C(=O)C[C@H]2[C@@H]3CCC4CCCC[C@]4(C)[C@H]3CC[C@]12C. The van der Waals surface area contributed by atoms with Crippen LogP contribution in [0.5, 0.6) is 0 Å². The Balaban J connectivity index is 1.58. The third-order valence-electron chi connectivity index (χ3n) is 9.16. The minimum Gasteiger partial charge on any atom is -0.458 e. The predicted octanol–water partition coefficient (Wildman–Crippen LogP) is 4.35. The molecule has 4 rings (SSSR count). The van der Waals surface area contributed by atoms with E-state index in [1.807, 2.05) is 0 Å². The monoisotopic (exact) mass is 374 g/mol. The van der Waals surface area contributed by atoms with Gasteiger partial charge in [-0.15, -0.1) is 0 Å². The molecule has 0 N–H and O–H groups in total. The Kier molecular flexibility index (Phi) is 4.75. The number of esters is 1. The number of carbonyl (C=O) groups excluding carboxylic acids is 3. The summed E-state index contributed by atoms with van der Waals surface area (Å²) >= 11 is 0. The van der Waals surface area contributed by atoms with E-state index in [2.05, 4.69) is 13.8 Å². The van der Waals surface area contributed by atoms with Crippen molar-refractivity contribution in [2.45, 2.75) is 78.6 Å². The highest BCUT2D eigenvalue weighted by Crippen LogP contribution is 2.66. The smallest absolute Gasteiger partial charge is 0.303 e. The van der Waals surface area contributed by atoms with Gasteiger partial charge in [-0.2, -0.15) is 0 Å². The van der Waals surface area contributed by atoms with Crippen LogP contribution in [-0.2, 0) is 19.1 Å². The second kappa shape index (κ2) is 6.70. The standard InChI is InChI=1S/C23H34O4/c1-14(24)27-13-20(26)21-19(25)12-18-16-8-7-15-6-4-5-10-22(15,2)17(16)9-11-23(18,21)3/h15-18,21H,4-13H2,1-3H3/t15?,16-,17+,18+,21-,22+,23+/m1/s1. The molecule has 0 aliphatic heterocycles. The highest BCUT2D eigenvalue weighted by molar-refractivity contribution is 6.05. The molecule has 4 fully saturated rings. The first-order valence-electron chi connectivity index (χ1n) is 11.0. The number of ketones is 2. The average molecular weight is 375 g/mol. The zero-order chi connectivity index (χ0) is 19.4. The molecule has 0 amide bonds. The Morgan fingerprint density at radius 2 is 1.78 bits per heavy atom. The van der Waals surface area contributed by atoms with Gasteiger partial charge >= 0.3 is 5.97 Å². The summed E-state index contributed by atoms with van der Waals surface area (Å²) in [5.74, 6) is 1.36. The molecule has 0 heterocycles. The summed E-state index contributed by atoms with van der Waals surface area (Å²) in [6, 6.07) is 0. The van der Waals surface area contributed by atoms with Crippen molar-refractivity contribution in [1.82, 2.24) is 0 Å². The molecule has 4 heteroatoms. The summed E-state index contributed by atoms with van der Waals surface area (Å²) in [4.78, 5) is 36.8. The van der Waals surface area contributed by atoms with Crippen LogP contribution in [0.2, 0.25) is 0 Å². The molecule has 4 aliphatic carbocycles. The van der Waals surface area contributed by atoms with Gasteiger partial charge in [-0.05, 0) is 73.0 Å². The van der Waals surface area contributed by atoms with Gasteiger partial charge in [-0.3, -0.25) is 14.4 Å². The molecule has 4 nitrogen and oxygen atoms in total. The Morgan fingerprint density at radius 3 is 2.52 bits per heavy atom. The van der Waals surface area contributed by atoms with Gasteiger partial charge in [0.1, 0.15) is 5.78 Å². The largest absolute Gasteiger partial charge is 0.458 e. The maximum absolute atomic E-state index is 12.9. The molecule has 0 aromatic heterocycles. The minimum atomic E-state index is -0.570. The molecule has 4 saturated carbocycles. The van der Waals surface area contributed by atoms with Crippen LogP contribution in [-0.4, -0.2) is 24.1 Å². The van der Waals surface area contributed by atoms with Crippen molar-refractivity contribution < 1.29 is 19.1 Å². The fraction of sp³-hybridized carbons (Fsp3) is 0.870. The van der Waals surface area contributed by atoms with E-state index < -0.39 is 11.9 Å². The normalized spacial score (nSPS) is 46.2. The Bertz CT molecular complexity index is 655. The number of hydrogen-bond donors (Lipinski definition) is 0. The summed E-state index contributed by atoms with van der Waals surface area (Å²) in [7, 11) is 0. The van der Waals surface area contributed by atoms with Crippen molar-refractivity contribution in [2.24, 2.45) is 40.4 Å². The van der Waals surface area contributed by atoms with Crippen LogP contribution in [0, 0.1) is 40.4 Å². The number of ether oxygens (including phenoxy) is 1. The number of rotatable bonds is 3. The molecule has 4 aliphatic rings. The maximum Gasteiger partial charge on any atom is 0.303 e. The third kappa shape index (κ3) is 2.89. The van der Waals surface area contributed by atoms with Crippen molar-refractivity contribution in [3.8, 4) is 0 Å². The Hall–Kier alpha value is -1.19. The molecule has 1 unspecified atom stereocenters. The second-order valence-corrected chi connectivity index (χ2v) is 10.3. The second-order valence-electron chi connectivity index (χ2n) is 10.3. The summed E-state index contributed by atoms with van der Waals surface area (Å²) in [6.45, 7) is 5.76. The molecular formula is C23H34O4. The van der Waals surface area contributed by atoms with Gasteiger partial charge in [0.05, 0.1) is 5.92 Å². The van der Waals surface area contributed by atoms with Crippen molar-refractivity contribution in [1.29, 1.82) is 0 Å².